The molecule has 0 aliphatic heterocycles. The SMILES string of the molecule is CCCC1(C)CC(CCC(CC)CC(CC)CCCC(C)CC)C1C. The molecule has 0 N–H and O–H groups in total. The molecule has 6 unspecified atom stereocenters. The van der Waals surface area contributed by atoms with Gasteiger partial charge >= 0.3 is 0 Å². The maximum Gasteiger partial charge on any atom is -0.0295 e. The minimum atomic E-state index is 0.670. The van der Waals surface area contributed by atoms with Gasteiger partial charge in [-0.3, -0.25) is 0 Å². The van der Waals surface area contributed by atoms with E-state index in [0.29, 0.717) is 5.41 Å². The summed E-state index contributed by atoms with van der Waals surface area (Å²) in [5, 5.41) is 0. The summed E-state index contributed by atoms with van der Waals surface area (Å²) in [6.45, 7) is 17.0. The molecule has 0 saturated heterocycles. The van der Waals surface area contributed by atoms with Crippen LogP contribution in [0.15, 0.2) is 0 Å². The summed E-state index contributed by atoms with van der Waals surface area (Å²) >= 11 is 0. The smallest absolute Gasteiger partial charge is 0.0295 e. The van der Waals surface area contributed by atoms with Crippen molar-refractivity contribution in [3.8, 4) is 0 Å². The van der Waals surface area contributed by atoms with Crippen LogP contribution in [0.5, 0.6) is 0 Å². The van der Waals surface area contributed by atoms with Crippen LogP contribution in [-0.4, -0.2) is 0 Å². The summed E-state index contributed by atoms with van der Waals surface area (Å²) in [4.78, 5) is 0. The molecule has 1 saturated carbocycles. The maximum absolute atomic E-state index is 2.54. The summed E-state index contributed by atoms with van der Waals surface area (Å²) < 4.78 is 0. The van der Waals surface area contributed by atoms with Gasteiger partial charge in [-0.15, -0.1) is 0 Å². The second-order valence-electron chi connectivity index (χ2n) is 9.96. The van der Waals surface area contributed by atoms with Crippen LogP contribution in [0.3, 0.4) is 0 Å². The van der Waals surface area contributed by atoms with E-state index in [4.69, 9.17) is 0 Å². The highest BCUT2D eigenvalue weighted by atomic mass is 14.5. The highest BCUT2D eigenvalue weighted by Gasteiger charge is 2.46. The summed E-state index contributed by atoms with van der Waals surface area (Å²) in [7, 11) is 0. The fourth-order valence-electron chi connectivity index (χ4n) is 5.48. The molecule has 0 heterocycles. The van der Waals surface area contributed by atoms with Crippen molar-refractivity contribution in [2.45, 2.75) is 126 Å². The van der Waals surface area contributed by atoms with Gasteiger partial charge in [0.2, 0.25) is 0 Å². The van der Waals surface area contributed by atoms with E-state index in [0.717, 1.165) is 29.6 Å². The number of hydrogen-bond donors (Lipinski definition) is 0. The molecular weight excluding hydrogens is 300 g/mol. The Morgan fingerprint density at radius 1 is 0.920 bits per heavy atom. The van der Waals surface area contributed by atoms with Crippen LogP contribution >= 0.6 is 0 Å². The van der Waals surface area contributed by atoms with Gasteiger partial charge in [0.05, 0.1) is 0 Å². The van der Waals surface area contributed by atoms with Crippen LogP contribution in [-0.2, 0) is 0 Å². The minimum absolute atomic E-state index is 0.670. The zero-order valence-electron chi connectivity index (χ0n) is 18.9. The van der Waals surface area contributed by atoms with E-state index in [1.165, 1.54) is 77.0 Å². The minimum Gasteiger partial charge on any atom is -0.0654 e. The van der Waals surface area contributed by atoms with Gasteiger partial charge in [-0.2, -0.15) is 0 Å². The lowest BCUT2D eigenvalue weighted by atomic mass is 9.52. The topological polar surface area (TPSA) is 0 Å². The van der Waals surface area contributed by atoms with Crippen molar-refractivity contribution >= 4 is 0 Å². The molecule has 0 spiro atoms. The van der Waals surface area contributed by atoms with Crippen molar-refractivity contribution in [2.75, 3.05) is 0 Å². The summed E-state index contributed by atoms with van der Waals surface area (Å²) in [6.07, 6.45) is 17.3. The molecule has 25 heavy (non-hydrogen) atoms. The van der Waals surface area contributed by atoms with Crippen molar-refractivity contribution in [1.82, 2.24) is 0 Å². The molecule has 0 aromatic heterocycles. The van der Waals surface area contributed by atoms with Crippen molar-refractivity contribution in [1.29, 1.82) is 0 Å². The molecule has 0 nitrogen and oxygen atoms in total. The van der Waals surface area contributed by atoms with E-state index >= 15 is 0 Å². The third-order valence-electron chi connectivity index (χ3n) is 8.13. The van der Waals surface area contributed by atoms with E-state index in [2.05, 4.69) is 48.5 Å². The second kappa shape index (κ2) is 11.7. The van der Waals surface area contributed by atoms with Gasteiger partial charge in [0.25, 0.3) is 0 Å². The first-order valence-electron chi connectivity index (χ1n) is 11.9. The lowest BCUT2D eigenvalue weighted by Crippen LogP contribution is -2.44. The van der Waals surface area contributed by atoms with Crippen LogP contribution < -0.4 is 0 Å². The molecule has 1 aliphatic rings. The molecule has 6 atom stereocenters. The van der Waals surface area contributed by atoms with Crippen molar-refractivity contribution < 1.29 is 0 Å². The van der Waals surface area contributed by atoms with Crippen LogP contribution in [0.2, 0.25) is 0 Å². The van der Waals surface area contributed by atoms with E-state index < -0.39 is 0 Å². The van der Waals surface area contributed by atoms with Crippen LogP contribution in [0.4, 0.5) is 0 Å². The van der Waals surface area contributed by atoms with Gasteiger partial charge in [-0.25, -0.2) is 0 Å². The Morgan fingerprint density at radius 2 is 1.56 bits per heavy atom. The standard InChI is InChI=1S/C25H50/c1-8-17-25(7)19-24(21(25)6)16-15-23(11-4)18-22(10-3)14-12-13-20(5)9-2/h20-24H,8-19H2,1-7H3. The normalized spacial score (nSPS) is 29.9. The zero-order valence-corrected chi connectivity index (χ0v) is 18.9. The van der Waals surface area contributed by atoms with E-state index in [-0.39, 0.29) is 0 Å². The average molecular weight is 351 g/mol. The predicted octanol–water partition coefficient (Wildman–Crippen LogP) is 8.89. The highest BCUT2D eigenvalue weighted by Crippen LogP contribution is 2.55. The van der Waals surface area contributed by atoms with Gasteiger partial charge in [-0.05, 0) is 60.7 Å². The van der Waals surface area contributed by atoms with Gasteiger partial charge in [0, 0.05) is 0 Å². The molecule has 0 heteroatoms. The highest BCUT2D eigenvalue weighted by molar-refractivity contribution is 4.96. The molecular formula is C25H50. The van der Waals surface area contributed by atoms with E-state index in [1.54, 1.807) is 0 Å². The van der Waals surface area contributed by atoms with E-state index in [9.17, 15) is 0 Å². The molecule has 1 fully saturated rings. The van der Waals surface area contributed by atoms with Crippen LogP contribution in [0, 0.1) is 35.0 Å². The quantitative estimate of drug-likeness (QED) is 0.293. The second-order valence-corrected chi connectivity index (χ2v) is 9.96. The summed E-state index contributed by atoms with van der Waals surface area (Å²) in [6, 6.07) is 0. The lowest BCUT2D eigenvalue weighted by Gasteiger charge is -2.53. The van der Waals surface area contributed by atoms with Gasteiger partial charge < -0.3 is 0 Å². The monoisotopic (exact) mass is 350 g/mol. The first kappa shape index (κ1) is 23.0. The van der Waals surface area contributed by atoms with Gasteiger partial charge in [-0.1, -0.05) is 99.8 Å². The summed E-state index contributed by atoms with van der Waals surface area (Å²) in [5.41, 5.74) is 0.670. The first-order chi connectivity index (χ1) is 11.9. The Hall–Kier alpha value is 0. The molecule has 150 valence electrons. The molecule has 0 radical (unpaired) electrons. The first-order valence-corrected chi connectivity index (χ1v) is 11.9. The Bertz CT molecular complexity index is 333. The maximum atomic E-state index is 2.54. The van der Waals surface area contributed by atoms with Crippen molar-refractivity contribution in [3.05, 3.63) is 0 Å². The summed E-state index contributed by atoms with van der Waals surface area (Å²) in [5.74, 6) is 4.88. The van der Waals surface area contributed by atoms with Crippen molar-refractivity contribution in [2.24, 2.45) is 35.0 Å². The fourth-order valence-corrected chi connectivity index (χ4v) is 5.48. The number of hydrogen-bond acceptors (Lipinski definition) is 0. The Labute approximate surface area is 160 Å². The largest absolute Gasteiger partial charge is 0.0654 e. The molecule has 0 bridgehead atoms. The molecule has 1 aliphatic carbocycles. The third kappa shape index (κ3) is 7.26. The van der Waals surface area contributed by atoms with Crippen LogP contribution in [0.1, 0.15) is 126 Å². The molecule has 0 aromatic rings. The van der Waals surface area contributed by atoms with Gasteiger partial charge in [0.15, 0.2) is 0 Å². The Kier molecular flexibility index (Phi) is 10.7. The predicted molar refractivity (Wildman–Crippen MR) is 115 cm³/mol. The van der Waals surface area contributed by atoms with Crippen molar-refractivity contribution in [3.63, 3.8) is 0 Å². The lowest BCUT2D eigenvalue weighted by molar-refractivity contribution is -0.0303. The van der Waals surface area contributed by atoms with Crippen LogP contribution in [0.25, 0.3) is 0 Å². The molecule has 0 aromatic carbocycles. The fraction of sp³-hybridized carbons (Fsp3) is 1.00. The molecule has 0 amide bonds. The third-order valence-corrected chi connectivity index (χ3v) is 8.13. The Morgan fingerprint density at radius 3 is 2.08 bits per heavy atom. The average Bonchev–Trinajstić information content (AvgIpc) is 2.62. The van der Waals surface area contributed by atoms with Gasteiger partial charge in [0.1, 0.15) is 0 Å². The number of rotatable bonds is 14. The molecule has 1 rings (SSSR count). The zero-order chi connectivity index (χ0) is 18.9. The van der Waals surface area contributed by atoms with E-state index in [1.807, 2.05) is 0 Å². The Balaban J connectivity index is 2.31.